The van der Waals surface area contributed by atoms with E-state index >= 15 is 0 Å². The molecule has 1 aliphatic carbocycles. The summed E-state index contributed by atoms with van der Waals surface area (Å²) in [6.07, 6.45) is 1.44. The van der Waals surface area contributed by atoms with Gasteiger partial charge in [0, 0.05) is 121 Å². The third kappa shape index (κ3) is 32.7. The van der Waals surface area contributed by atoms with E-state index < -0.39 is 191 Å². The molecule has 47 heteroatoms. The molecule has 0 spiro atoms. The number of phenolic OH excluding ortho intramolecular Hbond substituents is 1. The van der Waals surface area contributed by atoms with Gasteiger partial charge in [-0.1, -0.05) is 60.7 Å². The smallest absolute Gasteiger partial charge is 0.326 e. The van der Waals surface area contributed by atoms with Gasteiger partial charge in [0.1, 0.15) is 39.6 Å². The first-order valence-electron chi connectivity index (χ1n) is 43.6. The van der Waals surface area contributed by atoms with Crippen LogP contribution in [0.4, 0.5) is 27.5 Å². The van der Waals surface area contributed by atoms with Gasteiger partial charge in [0.2, 0.25) is 47.3 Å². The van der Waals surface area contributed by atoms with Crippen molar-refractivity contribution in [1.82, 2.24) is 61.7 Å². The summed E-state index contributed by atoms with van der Waals surface area (Å²) < 4.78 is 68.6. The van der Waals surface area contributed by atoms with Crippen LogP contribution in [0, 0.1) is 25.7 Å². The number of azo groups is 1. The van der Waals surface area contributed by atoms with E-state index in [9.17, 15) is 128 Å². The zero-order valence-corrected chi connectivity index (χ0v) is 76.6. The van der Waals surface area contributed by atoms with Gasteiger partial charge in [-0.15, -0.1) is 16.9 Å². The third-order valence-corrected chi connectivity index (χ3v) is 26.3. The minimum atomic E-state index is -5.17. The number of aryl methyl sites for hydroxylation is 2. The van der Waals surface area contributed by atoms with Gasteiger partial charge in [-0.3, -0.25) is 91.1 Å². The number of carbonyl (C=O) groups is 15. The number of nitrogens with two attached hydrogens (primary N) is 1. The first-order chi connectivity index (χ1) is 64.0. The summed E-state index contributed by atoms with van der Waals surface area (Å²) in [5.41, 5.74) is 8.81. The van der Waals surface area contributed by atoms with Crippen molar-refractivity contribution in [2.24, 2.45) is 22.1 Å². The average molecular weight is 1940 g/mol. The molecule has 0 radical (unpaired) electrons. The second-order valence-corrected chi connectivity index (χ2v) is 37.3. The number of benzene rings is 6. The maximum atomic E-state index is 14.6. The van der Waals surface area contributed by atoms with Gasteiger partial charge in [0.05, 0.1) is 53.9 Å². The minimum Gasteiger partial charge on any atom is -0.505 e. The lowest BCUT2D eigenvalue weighted by Crippen LogP contribution is -2.51. The number of amides is 10. The largest absolute Gasteiger partial charge is 0.505 e. The van der Waals surface area contributed by atoms with Crippen molar-refractivity contribution in [1.29, 1.82) is 0 Å². The lowest BCUT2D eigenvalue weighted by Gasteiger charge is -2.33. The van der Waals surface area contributed by atoms with Crippen molar-refractivity contribution in [2.45, 2.75) is 149 Å². The second-order valence-electron chi connectivity index (χ2n) is 33.3. The maximum Gasteiger partial charge on any atom is 0.326 e. The molecule has 3 fully saturated rings. The maximum absolute atomic E-state index is 14.6. The Morgan fingerprint density at radius 2 is 1.06 bits per heavy atom. The molecule has 2 aliphatic heterocycles. The number of anilines is 2. The highest BCUT2D eigenvalue weighted by atomic mass is 32.2. The van der Waals surface area contributed by atoms with Crippen LogP contribution in [-0.4, -0.2) is 315 Å². The molecule has 44 nitrogen and oxygen atoms in total. The van der Waals surface area contributed by atoms with E-state index in [1.165, 1.54) is 0 Å². The fourth-order valence-electron chi connectivity index (χ4n) is 15.9. The van der Waals surface area contributed by atoms with Crippen LogP contribution >= 0.6 is 11.8 Å². The number of thioether (sulfide) groups is 1. The lowest BCUT2D eigenvalue weighted by molar-refractivity contribution is -0.141. The Hall–Kier alpha value is -12.9. The number of carboxylic acids is 6. The molecule has 10 amide bonds. The van der Waals surface area contributed by atoms with Crippen LogP contribution in [0.2, 0.25) is 0 Å². The molecule has 730 valence electrons. The number of nitrogens with zero attached hydrogens (tertiary/aromatic N) is 7. The number of carbonyl (C=O) groups excluding carboxylic acids is 9. The molecule has 0 bridgehead atoms. The first-order valence-corrected chi connectivity index (χ1v) is 47.5. The number of unbranched alkanes of at least 4 members (excludes halogenated alkanes) is 2. The van der Waals surface area contributed by atoms with E-state index in [4.69, 9.17) is 10.8 Å². The van der Waals surface area contributed by atoms with Crippen molar-refractivity contribution in [3.63, 3.8) is 0 Å². The highest BCUT2D eigenvalue weighted by Crippen LogP contribution is 2.44. The van der Waals surface area contributed by atoms with Crippen molar-refractivity contribution in [3.8, 4) is 16.9 Å². The van der Waals surface area contributed by atoms with Crippen molar-refractivity contribution >= 4 is 165 Å². The zero-order valence-electron chi connectivity index (χ0n) is 74.1. The molecule has 6 aromatic rings. The van der Waals surface area contributed by atoms with Crippen LogP contribution in [0.25, 0.3) is 32.7 Å². The van der Waals surface area contributed by atoms with Crippen LogP contribution in [0.15, 0.2) is 117 Å². The SMILES string of the molecule is Cc1cc(-c2ccc(NC(=O)[C@@H](CCCCNC(=O)CCN3C(=O)CC(SCC(=O)NCC4CCC(C(=O)NC(Cc5ccc6ccccc6c5)C(=O)NCCCC[C@H](NC(=O)N[C@@H](CCC(=O)O)C(=O)O)C(=O)O)CC4)C3=O)NC(=O)CN3CCN(CC(=O)O)CCN(CC(=O)O)CCN(CC(=O)O)CC3)c(C)c2)ccc1N=Nc1ccc2c(S(=O)(=O)O)cc(S(=O)(=O)O)c(N)c2c1O. The molecule has 6 aromatic carbocycles. The second kappa shape index (κ2) is 49.9. The van der Waals surface area contributed by atoms with Crippen molar-refractivity contribution in [2.75, 3.05) is 122 Å². The summed E-state index contributed by atoms with van der Waals surface area (Å²) in [4.78, 5) is 198. The number of aromatic hydroxyl groups is 1. The van der Waals surface area contributed by atoms with Gasteiger partial charge in [-0.25, -0.2) is 14.4 Å². The molecule has 0 aromatic heterocycles. The van der Waals surface area contributed by atoms with Crippen LogP contribution in [-0.2, 0) is 93.8 Å². The Labute approximate surface area is 780 Å². The molecule has 3 aliphatic rings. The summed E-state index contributed by atoms with van der Waals surface area (Å²) >= 11 is 0.979. The fourth-order valence-corrected chi connectivity index (χ4v) is 18.3. The first kappa shape index (κ1) is 106. The number of urea groups is 1. The number of phenols is 1. The minimum absolute atomic E-state index is 0.0148. The molecular weight excluding hydrogens is 1830 g/mol. The Bertz CT molecular complexity index is 5650. The molecule has 5 atom stereocenters. The number of aliphatic carboxylic acids is 6. The third-order valence-electron chi connectivity index (χ3n) is 23.3. The van der Waals surface area contributed by atoms with E-state index in [0.717, 1.165) is 45.1 Å². The summed E-state index contributed by atoms with van der Waals surface area (Å²) in [6.45, 7) is 2.88. The number of fused-ring (bicyclic) bond motifs is 2. The van der Waals surface area contributed by atoms with Crippen LogP contribution in [0.5, 0.6) is 5.75 Å². The topological polar surface area (TPSA) is 670 Å². The quantitative estimate of drug-likeness (QED) is 0.00846. The Morgan fingerprint density at radius 3 is 1.62 bits per heavy atom. The number of hydrogen-bond acceptors (Lipinski definition) is 28. The fraction of sp³-hybridized carbons (Fsp3) is 0.466. The predicted octanol–water partition coefficient (Wildman–Crippen LogP) is 3.92. The molecular formula is C88H112N16O28S3. The molecule has 2 saturated heterocycles. The van der Waals surface area contributed by atoms with Gasteiger partial charge in [-0.2, -0.15) is 21.9 Å². The molecule has 9 rings (SSSR count). The van der Waals surface area contributed by atoms with Gasteiger partial charge in [0.15, 0.2) is 5.75 Å². The summed E-state index contributed by atoms with van der Waals surface area (Å²) in [5.74, 6) is -13.3. The van der Waals surface area contributed by atoms with Gasteiger partial charge >= 0.3 is 41.8 Å². The summed E-state index contributed by atoms with van der Waals surface area (Å²) in [7, 11) is -10.3. The zero-order chi connectivity index (χ0) is 98.5. The van der Waals surface area contributed by atoms with Gasteiger partial charge < -0.3 is 84.0 Å². The lowest BCUT2D eigenvalue weighted by atomic mass is 9.81. The number of nitrogen functional groups attached to an aromatic ring is 1. The number of nitrogens with one attached hydrogen (secondary N) is 8. The average Bonchev–Trinajstić information content (AvgIpc) is 1.18. The number of carboxylic acid groups (broad SMARTS) is 6. The molecule has 19 N–H and O–H groups in total. The molecule has 2 heterocycles. The van der Waals surface area contributed by atoms with Crippen LogP contribution < -0.4 is 48.3 Å². The van der Waals surface area contributed by atoms with Crippen molar-refractivity contribution < 1.29 is 134 Å². The van der Waals surface area contributed by atoms with E-state index in [0.29, 0.717) is 59.7 Å². The Morgan fingerprint density at radius 1 is 0.519 bits per heavy atom. The van der Waals surface area contributed by atoms with E-state index in [1.807, 2.05) is 42.5 Å². The summed E-state index contributed by atoms with van der Waals surface area (Å²) in [6, 6.07) is 19.7. The Kier molecular flexibility index (Phi) is 39.1. The van der Waals surface area contributed by atoms with Gasteiger partial charge in [0.25, 0.3) is 20.2 Å². The number of rotatable bonds is 46. The predicted molar refractivity (Wildman–Crippen MR) is 490 cm³/mol. The highest BCUT2D eigenvalue weighted by Gasteiger charge is 2.40. The van der Waals surface area contributed by atoms with Crippen LogP contribution in [0.3, 0.4) is 0 Å². The number of likely N-dealkylation sites (tertiary alicyclic amines) is 1. The number of imide groups is 1. The molecule has 2 unspecified atom stereocenters. The Balaban J connectivity index is 0.756. The van der Waals surface area contributed by atoms with E-state index in [-0.39, 0.29) is 184 Å². The molecule has 1 saturated carbocycles. The molecule has 135 heavy (non-hydrogen) atoms. The van der Waals surface area contributed by atoms with Gasteiger partial charge in [-0.05, 0) is 165 Å². The summed E-state index contributed by atoms with van der Waals surface area (Å²) in [5, 5.41) is 98.4. The van der Waals surface area contributed by atoms with E-state index in [2.05, 4.69) is 52.8 Å². The normalized spacial score (nSPS) is 17.2. The van der Waals surface area contributed by atoms with E-state index in [1.54, 1.807) is 69.8 Å². The van der Waals surface area contributed by atoms with Crippen LogP contribution in [0.1, 0.15) is 107 Å². The standard InChI is InChI=1S/C88H112N16O28S3/c1-51-39-58(59-20-23-62(52(2)40-59)98-99-63-24-21-60-69(134(127,128)129)44-70(135(130,131)132)80(89)79(60)81(63)117)19-22-61(51)94-84(120)64(93-72(106)46-100-31-33-101(47-76(111)112)35-37-103(49-78(115)116)38-36-102(34-32-100)48-77(113)114)11-5-7-28-90-71(105)27-30-104-74(108)43-68(85(104)121)133-50-73(107)92-45-53-13-17-56(18-14-53)82(118)95-67(42-54-15-16-55-9-3-4-10-57(55)41-54)83(119)91-29-8-6-12-65(86(122)123)96-88(126)97-66(87(124)125)25-26-75(109)110/h3-4,9-10,15-16,19-24,39-41,44,53,56,64-68,117H,5-8,11-14,17-18,25-38,42-43,45-50,89H2,1-2H3,(H,90,105)(H,91,119)(H,92,107)(H,93,106)(H,94,120)(H,95,118)(H,109,110)(H,111,112)(H,113,114)(H,115,116)(H,122,123)(H,124,125)(H2,96,97,126)(H,127,128,129)(H,130,131,132)/t53?,56?,64-,65+,66+,67?,68?/m1/s1. The number of hydrogen-bond donors (Lipinski definition) is 18. The highest BCUT2D eigenvalue weighted by molar-refractivity contribution is 8.01. The van der Waals surface area contributed by atoms with Crippen molar-refractivity contribution in [3.05, 3.63) is 114 Å². The monoisotopic (exact) mass is 1940 g/mol.